The van der Waals surface area contributed by atoms with Crippen LogP contribution in [0.25, 0.3) is 0 Å². The van der Waals surface area contributed by atoms with Gasteiger partial charge in [-0.3, -0.25) is 12.6 Å². The second kappa shape index (κ2) is 14.0. The predicted octanol–water partition coefficient (Wildman–Crippen LogP) is 1.89. The number of hydrogen-bond donors (Lipinski definition) is 0. The smallest absolute Gasteiger partial charge is 0 e. The second-order valence-electron chi connectivity index (χ2n) is 3.01. The Bertz CT molecular complexity index is 101. The largest absolute Gasteiger partial charge is 0.542 e. The summed E-state index contributed by atoms with van der Waals surface area (Å²) in [4.78, 5) is 18.9. The molecular formula is C9H16O2Y-2. The zero-order valence-electron chi connectivity index (χ0n) is 8.26. The third-order valence-corrected chi connectivity index (χ3v) is 0.727. The number of hydrogen-bond acceptors (Lipinski definition) is 2. The normalized spacial score (nSPS) is 8.17. The third kappa shape index (κ3) is 31.4. The summed E-state index contributed by atoms with van der Waals surface area (Å²) in [5.41, 5.74) is 0. The van der Waals surface area contributed by atoms with Crippen molar-refractivity contribution >= 4 is 12.6 Å². The molecular weight excluding hydrogens is 229 g/mol. The maximum absolute atomic E-state index is 9.49. The first-order valence-electron chi connectivity index (χ1n) is 3.77. The number of carbonyl (C=O) groups excluding carboxylic acids is 2. The zero-order valence-corrected chi connectivity index (χ0v) is 11.1. The van der Waals surface area contributed by atoms with Crippen molar-refractivity contribution in [2.75, 3.05) is 0 Å². The Hall–Kier alpha value is 0.444. The van der Waals surface area contributed by atoms with Crippen molar-refractivity contribution in [3.05, 3.63) is 0 Å². The summed E-state index contributed by atoms with van der Waals surface area (Å²) >= 11 is 0. The molecule has 0 aliphatic carbocycles. The van der Waals surface area contributed by atoms with Gasteiger partial charge in [0.2, 0.25) is 0 Å². The minimum atomic E-state index is 0. The van der Waals surface area contributed by atoms with Gasteiger partial charge < -0.3 is 9.59 Å². The summed E-state index contributed by atoms with van der Waals surface area (Å²) in [6.45, 7) is 7.58. The van der Waals surface area contributed by atoms with Gasteiger partial charge in [-0.05, 0) is 0 Å². The maximum Gasteiger partial charge on any atom is 0 e. The van der Waals surface area contributed by atoms with Gasteiger partial charge in [-0.15, -0.1) is 5.92 Å². The van der Waals surface area contributed by atoms with Crippen molar-refractivity contribution < 1.29 is 42.3 Å². The van der Waals surface area contributed by atoms with E-state index in [-0.39, 0.29) is 38.6 Å². The van der Waals surface area contributed by atoms with Crippen LogP contribution in [0.15, 0.2) is 0 Å². The minimum absolute atomic E-state index is 0. The summed E-state index contributed by atoms with van der Waals surface area (Å²) in [5.74, 6) is 0.553. The topological polar surface area (TPSA) is 34.1 Å². The van der Waals surface area contributed by atoms with E-state index in [1.807, 2.05) is 20.1 Å². The molecule has 0 amide bonds. The second-order valence-corrected chi connectivity index (χ2v) is 3.01. The molecule has 0 saturated carbocycles. The van der Waals surface area contributed by atoms with E-state index in [9.17, 15) is 9.59 Å². The van der Waals surface area contributed by atoms with E-state index in [0.29, 0.717) is 12.3 Å². The molecule has 2 nitrogen and oxygen atoms in total. The summed E-state index contributed by atoms with van der Waals surface area (Å²) < 4.78 is 0. The van der Waals surface area contributed by atoms with Crippen LogP contribution >= 0.6 is 0 Å². The van der Waals surface area contributed by atoms with E-state index in [1.165, 1.54) is 0 Å². The molecule has 0 spiro atoms. The van der Waals surface area contributed by atoms with E-state index in [2.05, 4.69) is 0 Å². The van der Waals surface area contributed by atoms with Crippen molar-refractivity contribution in [2.24, 2.45) is 11.8 Å². The molecule has 0 fully saturated rings. The van der Waals surface area contributed by atoms with Gasteiger partial charge in [0.25, 0.3) is 0 Å². The molecule has 0 aromatic heterocycles. The van der Waals surface area contributed by atoms with Crippen LogP contribution in [-0.2, 0) is 42.3 Å². The molecule has 0 aliphatic rings. The molecule has 0 bridgehead atoms. The Morgan fingerprint density at radius 1 is 1.08 bits per heavy atom. The Labute approximate surface area is 100 Å². The SMILES string of the molecule is CC(C)C[C-]=O.CC(C)[C-]=O.[Y]. The van der Waals surface area contributed by atoms with Crippen molar-refractivity contribution in [2.45, 2.75) is 34.1 Å². The van der Waals surface area contributed by atoms with Crippen molar-refractivity contribution in [3.63, 3.8) is 0 Å². The van der Waals surface area contributed by atoms with Crippen LogP contribution < -0.4 is 0 Å². The standard InChI is InChI=1S/C5H9O.C4H7O.Y/c1-5(2)3-4-6;1-4(2)3-5;/h5H,3H2,1-2H3;4H,1-2H3;/q2*-1;. The molecule has 1 radical (unpaired) electrons. The van der Waals surface area contributed by atoms with Crippen molar-refractivity contribution in [1.29, 1.82) is 0 Å². The summed E-state index contributed by atoms with van der Waals surface area (Å²) in [6.07, 6.45) is 4.16. The maximum atomic E-state index is 9.49. The van der Waals surface area contributed by atoms with Crippen LogP contribution in [0.3, 0.4) is 0 Å². The number of rotatable bonds is 3. The van der Waals surface area contributed by atoms with Gasteiger partial charge in [0.1, 0.15) is 0 Å². The van der Waals surface area contributed by atoms with Crippen LogP contribution in [-0.4, -0.2) is 12.6 Å². The third-order valence-electron chi connectivity index (χ3n) is 0.727. The Balaban J connectivity index is -0.000000126. The average Bonchev–Trinajstić information content (AvgIpc) is 1.89. The van der Waals surface area contributed by atoms with E-state index < -0.39 is 0 Å². The Morgan fingerprint density at radius 2 is 1.42 bits per heavy atom. The molecule has 3 heteroatoms. The zero-order chi connectivity index (χ0) is 9.28. The van der Waals surface area contributed by atoms with Gasteiger partial charge >= 0.3 is 0 Å². The first kappa shape index (κ1) is 18.3. The van der Waals surface area contributed by atoms with Crippen LogP contribution in [0, 0.1) is 11.8 Å². The fourth-order valence-electron chi connectivity index (χ4n) is 0.167. The average molecular weight is 245 g/mol. The quantitative estimate of drug-likeness (QED) is 0.711. The Kier molecular flexibility index (Phi) is 21.3. The van der Waals surface area contributed by atoms with Crippen molar-refractivity contribution in [3.8, 4) is 0 Å². The molecule has 69 valence electrons. The van der Waals surface area contributed by atoms with E-state index in [4.69, 9.17) is 0 Å². The van der Waals surface area contributed by atoms with Gasteiger partial charge in [0.15, 0.2) is 0 Å². The molecule has 0 N–H and O–H groups in total. The molecule has 0 atom stereocenters. The molecule has 0 aromatic rings. The molecule has 0 saturated heterocycles. The van der Waals surface area contributed by atoms with Gasteiger partial charge in [-0.25, -0.2) is 0 Å². The van der Waals surface area contributed by atoms with Gasteiger partial charge in [0, 0.05) is 32.7 Å². The van der Waals surface area contributed by atoms with E-state index >= 15 is 0 Å². The first-order chi connectivity index (χ1) is 5.04. The summed E-state index contributed by atoms with van der Waals surface area (Å²) in [6, 6.07) is 0. The van der Waals surface area contributed by atoms with Crippen molar-refractivity contribution in [1.82, 2.24) is 0 Å². The molecule has 0 rings (SSSR count). The van der Waals surface area contributed by atoms with Gasteiger partial charge in [0.05, 0.1) is 0 Å². The van der Waals surface area contributed by atoms with Gasteiger partial charge in [-0.1, -0.05) is 33.6 Å². The molecule has 0 aromatic carbocycles. The fraction of sp³-hybridized carbons (Fsp3) is 0.778. The molecule has 12 heavy (non-hydrogen) atoms. The van der Waals surface area contributed by atoms with Gasteiger partial charge in [-0.2, -0.15) is 6.42 Å². The van der Waals surface area contributed by atoms with Crippen LogP contribution in [0.2, 0.25) is 0 Å². The monoisotopic (exact) mass is 245 g/mol. The molecule has 0 heterocycles. The van der Waals surface area contributed by atoms with Crippen LogP contribution in [0.4, 0.5) is 0 Å². The van der Waals surface area contributed by atoms with Crippen LogP contribution in [0.1, 0.15) is 34.1 Å². The predicted molar refractivity (Wildman–Crippen MR) is 45.7 cm³/mol. The van der Waals surface area contributed by atoms with E-state index in [0.717, 1.165) is 0 Å². The fourth-order valence-corrected chi connectivity index (χ4v) is 0.167. The molecule has 0 aliphatic heterocycles. The summed E-state index contributed by atoms with van der Waals surface area (Å²) in [7, 11) is 0. The minimum Gasteiger partial charge on any atom is -0.542 e. The van der Waals surface area contributed by atoms with Crippen LogP contribution in [0.5, 0.6) is 0 Å². The summed E-state index contributed by atoms with van der Waals surface area (Å²) in [5, 5.41) is 0. The molecule has 0 unspecified atom stereocenters. The van der Waals surface area contributed by atoms with E-state index in [1.54, 1.807) is 20.1 Å². The Morgan fingerprint density at radius 3 is 1.42 bits per heavy atom. The first-order valence-corrected chi connectivity index (χ1v) is 3.77.